The number of aliphatic carboxylic acids is 1. The van der Waals surface area contributed by atoms with Gasteiger partial charge in [0.2, 0.25) is 5.91 Å². The molecule has 14 heteroatoms. The largest absolute Gasteiger partial charge is 0.477 e. The Labute approximate surface area is 191 Å². The smallest absolute Gasteiger partial charge is 0.352 e. The Morgan fingerprint density at radius 2 is 2.26 bits per heavy atom. The van der Waals surface area contributed by atoms with Crippen LogP contribution in [0, 0.1) is 0 Å². The van der Waals surface area contributed by atoms with Gasteiger partial charge in [-0.1, -0.05) is 17.8 Å². The van der Waals surface area contributed by atoms with Crippen molar-refractivity contribution in [2.75, 3.05) is 17.3 Å². The van der Waals surface area contributed by atoms with Crippen LogP contribution in [0.4, 0.5) is 0 Å². The molecule has 2 aromatic heterocycles. The van der Waals surface area contributed by atoms with Crippen molar-refractivity contribution in [3.63, 3.8) is 0 Å². The van der Waals surface area contributed by atoms with E-state index in [1.807, 2.05) is 0 Å². The van der Waals surface area contributed by atoms with Gasteiger partial charge in [0.1, 0.15) is 29.2 Å². The maximum atomic E-state index is 12.7. The Morgan fingerprint density at radius 1 is 1.45 bits per heavy atom. The first kappa shape index (κ1) is 22.0. The monoisotopic (exact) mass is 499 g/mol. The standard InChI is InChI=1S/C17H17N5O5S4/c1-21-8-18-20-17(21)30-6-9-5-29-15-12(14(24)22(15)13(9)16(25)26)19-10(23)7-31(27)11-3-2-4-28-11/h2-4,8,12,15H,5-7H2,1H3,(H,19,23)(H,25,26)/t12?,15-,31?/m1/s1. The van der Waals surface area contributed by atoms with Crippen molar-refractivity contribution in [2.45, 2.75) is 20.8 Å². The first-order valence-electron chi connectivity index (χ1n) is 8.95. The average Bonchev–Trinajstić information content (AvgIpc) is 3.41. The molecule has 4 rings (SSSR count). The zero-order chi connectivity index (χ0) is 22.1. The second kappa shape index (κ2) is 9.14. The van der Waals surface area contributed by atoms with Crippen LogP contribution in [0.3, 0.4) is 0 Å². The van der Waals surface area contributed by atoms with Gasteiger partial charge in [0.25, 0.3) is 5.91 Å². The minimum Gasteiger partial charge on any atom is -0.477 e. The van der Waals surface area contributed by atoms with Crippen molar-refractivity contribution >= 4 is 63.4 Å². The minimum atomic E-state index is -1.48. The van der Waals surface area contributed by atoms with Crippen molar-refractivity contribution in [3.8, 4) is 0 Å². The Morgan fingerprint density at radius 3 is 2.90 bits per heavy atom. The molecule has 0 aliphatic carbocycles. The Hall–Kier alpha value is -2.16. The highest BCUT2D eigenvalue weighted by Gasteiger charge is 2.54. The molecule has 10 nitrogen and oxygen atoms in total. The lowest BCUT2D eigenvalue weighted by atomic mass is 10.0. The SMILES string of the molecule is Cn1cnnc1SCC1=C(C(=O)O)N2C(=O)C(NC(=O)CS(=O)c3cccs3)[C@H]2SC1. The Kier molecular flexibility index (Phi) is 6.50. The molecule has 0 saturated carbocycles. The lowest BCUT2D eigenvalue weighted by molar-refractivity contribution is -0.150. The number of hydrogen-bond donors (Lipinski definition) is 2. The summed E-state index contributed by atoms with van der Waals surface area (Å²) in [7, 11) is 0.308. The molecular formula is C17H17N5O5S4. The molecule has 1 saturated heterocycles. The number of amides is 2. The number of carbonyl (C=O) groups excluding carboxylic acids is 2. The van der Waals surface area contributed by atoms with Crippen LogP contribution in [0.5, 0.6) is 0 Å². The van der Waals surface area contributed by atoms with Gasteiger partial charge in [-0.25, -0.2) is 4.79 Å². The van der Waals surface area contributed by atoms with E-state index >= 15 is 0 Å². The van der Waals surface area contributed by atoms with Crippen LogP contribution in [-0.4, -0.2) is 75.4 Å². The molecule has 31 heavy (non-hydrogen) atoms. The van der Waals surface area contributed by atoms with Gasteiger partial charge in [-0.15, -0.1) is 33.3 Å². The molecule has 3 atom stereocenters. The van der Waals surface area contributed by atoms with Crippen molar-refractivity contribution < 1.29 is 23.7 Å². The van der Waals surface area contributed by atoms with Crippen molar-refractivity contribution in [1.29, 1.82) is 0 Å². The van der Waals surface area contributed by atoms with E-state index in [1.165, 1.54) is 39.8 Å². The van der Waals surface area contributed by atoms with Gasteiger partial charge >= 0.3 is 5.97 Å². The molecule has 0 radical (unpaired) electrons. The van der Waals surface area contributed by atoms with Gasteiger partial charge in [0, 0.05) is 18.6 Å². The number of rotatable bonds is 8. The third kappa shape index (κ3) is 4.42. The summed E-state index contributed by atoms with van der Waals surface area (Å²) in [6, 6.07) is 2.60. The van der Waals surface area contributed by atoms with Crippen LogP contribution in [-0.2, 0) is 32.2 Å². The zero-order valence-electron chi connectivity index (χ0n) is 16.1. The van der Waals surface area contributed by atoms with Gasteiger partial charge in [0.05, 0.1) is 15.0 Å². The normalized spacial score (nSPS) is 21.5. The number of fused-ring (bicyclic) bond motifs is 1. The summed E-state index contributed by atoms with van der Waals surface area (Å²) in [5.74, 6) is -1.65. The number of thiophene rings is 1. The van der Waals surface area contributed by atoms with E-state index in [-0.39, 0.29) is 11.4 Å². The molecule has 164 valence electrons. The summed E-state index contributed by atoms with van der Waals surface area (Å²) >= 11 is 4.03. The predicted octanol–water partition coefficient (Wildman–Crippen LogP) is 0.515. The summed E-state index contributed by atoms with van der Waals surface area (Å²) in [4.78, 5) is 38.1. The van der Waals surface area contributed by atoms with Crippen LogP contribution in [0.25, 0.3) is 0 Å². The quantitative estimate of drug-likeness (QED) is 0.394. The Bertz CT molecular complexity index is 1080. The number of aromatic nitrogens is 3. The number of β-lactam (4-membered cyclic amide) rings is 1. The van der Waals surface area contributed by atoms with Gasteiger partial charge in [0.15, 0.2) is 5.16 Å². The molecule has 2 N–H and O–H groups in total. The molecule has 0 bridgehead atoms. The number of thioether (sulfide) groups is 2. The maximum Gasteiger partial charge on any atom is 0.352 e. The van der Waals surface area contributed by atoms with Gasteiger partial charge < -0.3 is 15.0 Å². The van der Waals surface area contributed by atoms with E-state index in [9.17, 15) is 23.7 Å². The molecule has 2 aliphatic rings. The molecule has 4 heterocycles. The fourth-order valence-corrected chi connectivity index (χ4v) is 7.44. The molecule has 2 aromatic rings. The third-order valence-electron chi connectivity index (χ3n) is 4.59. The number of hydrogen-bond acceptors (Lipinski definition) is 9. The first-order chi connectivity index (χ1) is 14.9. The molecule has 2 amide bonds. The maximum absolute atomic E-state index is 12.7. The Balaban J connectivity index is 1.42. The second-order valence-corrected chi connectivity index (χ2v) is 11.3. The van der Waals surface area contributed by atoms with Crippen LogP contribution < -0.4 is 5.32 Å². The first-order valence-corrected chi connectivity index (χ1v) is 13.2. The molecule has 0 spiro atoms. The van der Waals surface area contributed by atoms with E-state index in [0.717, 1.165) is 0 Å². The summed E-state index contributed by atoms with van der Waals surface area (Å²) in [5, 5.41) is 22.0. The van der Waals surface area contributed by atoms with Crippen molar-refractivity contribution in [2.24, 2.45) is 7.05 Å². The van der Waals surface area contributed by atoms with Gasteiger partial charge in [-0.05, 0) is 17.0 Å². The number of aryl methyl sites for hydroxylation is 1. The van der Waals surface area contributed by atoms with Gasteiger partial charge in [-0.2, -0.15) is 0 Å². The van der Waals surface area contributed by atoms with E-state index in [0.29, 0.717) is 26.4 Å². The molecule has 2 aliphatic heterocycles. The molecular weight excluding hydrogens is 482 g/mol. The topological polar surface area (TPSA) is 134 Å². The molecule has 0 aromatic carbocycles. The zero-order valence-corrected chi connectivity index (χ0v) is 19.4. The summed E-state index contributed by atoms with van der Waals surface area (Å²) < 4.78 is 14.5. The van der Waals surface area contributed by atoms with E-state index in [4.69, 9.17) is 0 Å². The number of carboxylic acid groups (broad SMARTS) is 1. The summed E-state index contributed by atoms with van der Waals surface area (Å²) in [6.07, 6.45) is 1.55. The predicted molar refractivity (Wildman–Crippen MR) is 117 cm³/mol. The number of carboxylic acids is 1. The number of nitrogens with zero attached hydrogens (tertiary/aromatic N) is 4. The summed E-state index contributed by atoms with van der Waals surface area (Å²) in [6.45, 7) is 0. The van der Waals surface area contributed by atoms with Crippen LogP contribution >= 0.6 is 34.9 Å². The highest BCUT2D eigenvalue weighted by atomic mass is 32.2. The molecule has 1 fully saturated rings. The second-order valence-electron chi connectivity index (χ2n) is 6.65. The lowest BCUT2D eigenvalue weighted by Crippen LogP contribution is -2.70. The lowest BCUT2D eigenvalue weighted by Gasteiger charge is -2.49. The van der Waals surface area contributed by atoms with Crippen molar-refractivity contribution in [1.82, 2.24) is 25.0 Å². The number of carbonyl (C=O) groups is 3. The minimum absolute atomic E-state index is 0.0453. The van der Waals surface area contributed by atoms with E-state index in [1.54, 1.807) is 35.5 Å². The van der Waals surface area contributed by atoms with E-state index in [2.05, 4.69) is 15.5 Å². The van der Waals surface area contributed by atoms with Crippen LogP contribution in [0.2, 0.25) is 0 Å². The van der Waals surface area contributed by atoms with Crippen LogP contribution in [0.15, 0.2) is 44.5 Å². The fourth-order valence-electron chi connectivity index (χ4n) is 3.15. The third-order valence-corrected chi connectivity index (χ3v) is 9.67. The van der Waals surface area contributed by atoms with Crippen LogP contribution in [0.1, 0.15) is 0 Å². The fraction of sp³-hybridized carbons (Fsp3) is 0.353. The summed E-state index contributed by atoms with van der Waals surface area (Å²) in [5.41, 5.74) is 0.565. The highest BCUT2D eigenvalue weighted by molar-refractivity contribution is 8.01. The molecule has 2 unspecified atom stereocenters. The van der Waals surface area contributed by atoms with Crippen molar-refractivity contribution in [3.05, 3.63) is 35.1 Å². The number of nitrogens with one attached hydrogen (secondary N) is 1. The average molecular weight is 500 g/mol. The highest BCUT2D eigenvalue weighted by Crippen LogP contribution is 2.41. The van der Waals surface area contributed by atoms with Gasteiger partial charge in [-0.3, -0.25) is 18.7 Å². The van der Waals surface area contributed by atoms with E-state index < -0.39 is 40.0 Å².